The van der Waals surface area contributed by atoms with Crippen molar-refractivity contribution in [3.05, 3.63) is 46.6 Å². The molecule has 0 fully saturated rings. The van der Waals surface area contributed by atoms with Crippen LogP contribution in [0.15, 0.2) is 41.0 Å². The average molecular weight is 337 g/mol. The van der Waals surface area contributed by atoms with E-state index in [1.807, 2.05) is 43.5 Å². The molecular formula is C15H17BrN2O2. The minimum Gasteiger partial charge on any atom is -0.497 e. The third-order valence-corrected chi connectivity index (χ3v) is 3.34. The number of nitrogens with one attached hydrogen (secondary N) is 1. The van der Waals surface area contributed by atoms with Crippen molar-refractivity contribution in [2.45, 2.75) is 13.5 Å². The highest BCUT2D eigenvalue weighted by molar-refractivity contribution is 9.10. The molecule has 1 N–H and O–H groups in total. The Morgan fingerprint density at radius 2 is 2.10 bits per heavy atom. The van der Waals surface area contributed by atoms with Gasteiger partial charge in [-0.25, -0.2) is 4.98 Å². The normalized spacial score (nSPS) is 10.2. The Morgan fingerprint density at radius 3 is 2.70 bits per heavy atom. The molecule has 4 nitrogen and oxygen atoms in total. The first kappa shape index (κ1) is 14.7. The van der Waals surface area contributed by atoms with Crippen LogP contribution in [0.1, 0.15) is 12.5 Å². The Labute approximate surface area is 127 Å². The van der Waals surface area contributed by atoms with Crippen LogP contribution in [0.3, 0.4) is 0 Å². The van der Waals surface area contributed by atoms with E-state index in [2.05, 4.69) is 26.2 Å². The van der Waals surface area contributed by atoms with Crippen molar-refractivity contribution in [3.63, 3.8) is 0 Å². The second-order valence-electron chi connectivity index (χ2n) is 4.17. The van der Waals surface area contributed by atoms with Crippen molar-refractivity contribution in [1.29, 1.82) is 0 Å². The minimum absolute atomic E-state index is 0.477. The molecule has 0 amide bonds. The van der Waals surface area contributed by atoms with Crippen molar-refractivity contribution in [3.8, 4) is 11.5 Å². The van der Waals surface area contributed by atoms with Crippen molar-refractivity contribution in [2.75, 3.05) is 19.0 Å². The van der Waals surface area contributed by atoms with Crippen LogP contribution in [0.5, 0.6) is 11.5 Å². The Morgan fingerprint density at radius 1 is 1.25 bits per heavy atom. The van der Waals surface area contributed by atoms with E-state index in [1.165, 1.54) is 0 Å². The summed E-state index contributed by atoms with van der Waals surface area (Å²) in [6, 6.07) is 9.57. The molecule has 0 atom stereocenters. The van der Waals surface area contributed by atoms with E-state index in [-0.39, 0.29) is 0 Å². The van der Waals surface area contributed by atoms with E-state index >= 15 is 0 Å². The lowest BCUT2D eigenvalue weighted by Gasteiger charge is -2.10. The number of hydrogen-bond donors (Lipinski definition) is 1. The zero-order chi connectivity index (χ0) is 14.4. The minimum atomic E-state index is 0.477. The number of methoxy groups -OCH3 is 1. The Kier molecular flexibility index (Phi) is 5.24. The summed E-state index contributed by atoms with van der Waals surface area (Å²) in [5.41, 5.74) is 1.02. The van der Waals surface area contributed by atoms with Gasteiger partial charge < -0.3 is 14.8 Å². The van der Waals surface area contributed by atoms with Crippen molar-refractivity contribution < 1.29 is 9.47 Å². The van der Waals surface area contributed by atoms with E-state index in [1.54, 1.807) is 7.11 Å². The van der Waals surface area contributed by atoms with Gasteiger partial charge in [-0.2, -0.15) is 0 Å². The third-order valence-electron chi connectivity index (χ3n) is 2.72. The molecule has 1 aromatic heterocycles. The molecule has 5 heteroatoms. The molecule has 0 aliphatic heterocycles. The predicted molar refractivity (Wildman–Crippen MR) is 83.4 cm³/mol. The number of nitrogens with zero attached hydrogens (tertiary/aromatic N) is 1. The smallest absolute Gasteiger partial charge is 0.134 e. The zero-order valence-corrected chi connectivity index (χ0v) is 13.1. The molecule has 0 aliphatic rings. The van der Waals surface area contributed by atoms with Crippen LogP contribution in [0, 0.1) is 0 Å². The van der Waals surface area contributed by atoms with Gasteiger partial charge in [-0.3, -0.25) is 0 Å². The Balaban J connectivity index is 1.97. The number of benzene rings is 1. The zero-order valence-electron chi connectivity index (χ0n) is 11.5. The Hall–Kier alpha value is -1.75. The maximum atomic E-state index is 5.76. The topological polar surface area (TPSA) is 43.4 Å². The summed E-state index contributed by atoms with van der Waals surface area (Å²) in [6.45, 7) is 3.38. The van der Waals surface area contributed by atoms with Crippen molar-refractivity contribution in [1.82, 2.24) is 4.98 Å². The van der Waals surface area contributed by atoms with Crippen LogP contribution in [0.2, 0.25) is 0 Å². The standard InChI is InChI=1S/C15H17BrN2O2/c1-3-17-15-7-4-11(9-18-15)10-20-14-6-5-12(19-2)8-13(14)16/h4-9H,3,10H2,1-2H3,(H,17,18). The highest BCUT2D eigenvalue weighted by Gasteiger charge is 2.04. The largest absolute Gasteiger partial charge is 0.497 e. The lowest BCUT2D eigenvalue weighted by Crippen LogP contribution is -2.01. The number of aromatic nitrogens is 1. The van der Waals surface area contributed by atoms with Gasteiger partial charge in [-0.15, -0.1) is 0 Å². The highest BCUT2D eigenvalue weighted by atomic mass is 79.9. The van der Waals surface area contributed by atoms with Gasteiger partial charge in [0, 0.05) is 18.3 Å². The summed E-state index contributed by atoms with van der Waals surface area (Å²) < 4.78 is 11.8. The monoisotopic (exact) mass is 336 g/mol. The van der Waals surface area contributed by atoms with E-state index in [4.69, 9.17) is 9.47 Å². The molecule has 0 unspecified atom stereocenters. The van der Waals surface area contributed by atoms with E-state index in [0.29, 0.717) is 6.61 Å². The maximum absolute atomic E-state index is 5.76. The molecule has 0 aliphatic carbocycles. The van der Waals surface area contributed by atoms with Crippen LogP contribution in [0.25, 0.3) is 0 Å². The second kappa shape index (κ2) is 7.14. The van der Waals surface area contributed by atoms with Gasteiger partial charge in [0.1, 0.15) is 23.9 Å². The van der Waals surface area contributed by atoms with Crippen LogP contribution < -0.4 is 14.8 Å². The van der Waals surface area contributed by atoms with Gasteiger partial charge in [0.2, 0.25) is 0 Å². The third kappa shape index (κ3) is 3.87. The molecule has 106 valence electrons. The molecule has 0 saturated heterocycles. The van der Waals surface area contributed by atoms with Crippen LogP contribution in [0.4, 0.5) is 5.82 Å². The lowest BCUT2D eigenvalue weighted by molar-refractivity contribution is 0.303. The molecular weight excluding hydrogens is 320 g/mol. The summed E-state index contributed by atoms with van der Waals surface area (Å²) in [5.74, 6) is 2.45. The number of pyridine rings is 1. The molecule has 2 aromatic rings. The molecule has 1 heterocycles. The summed E-state index contributed by atoms with van der Waals surface area (Å²) >= 11 is 3.46. The molecule has 0 radical (unpaired) electrons. The fourth-order valence-corrected chi connectivity index (χ4v) is 2.15. The van der Waals surface area contributed by atoms with Crippen molar-refractivity contribution in [2.24, 2.45) is 0 Å². The molecule has 0 bridgehead atoms. The summed E-state index contributed by atoms with van der Waals surface area (Å²) in [7, 11) is 1.64. The number of halogens is 1. The predicted octanol–water partition coefficient (Wildman–Crippen LogP) is 3.86. The summed E-state index contributed by atoms with van der Waals surface area (Å²) in [5, 5.41) is 3.16. The second-order valence-corrected chi connectivity index (χ2v) is 5.02. The average Bonchev–Trinajstić information content (AvgIpc) is 2.48. The summed E-state index contributed by atoms with van der Waals surface area (Å²) in [4.78, 5) is 4.31. The van der Waals surface area contributed by atoms with Gasteiger partial charge in [-0.1, -0.05) is 6.07 Å². The fourth-order valence-electron chi connectivity index (χ4n) is 1.68. The fraction of sp³-hybridized carbons (Fsp3) is 0.267. The molecule has 2 rings (SSSR count). The molecule has 1 aromatic carbocycles. The lowest BCUT2D eigenvalue weighted by atomic mass is 10.3. The maximum Gasteiger partial charge on any atom is 0.134 e. The van der Waals surface area contributed by atoms with E-state index in [9.17, 15) is 0 Å². The van der Waals surface area contributed by atoms with Gasteiger partial charge in [0.25, 0.3) is 0 Å². The molecule has 0 spiro atoms. The number of rotatable bonds is 6. The highest BCUT2D eigenvalue weighted by Crippen LogP contribution is 2.29. The number of hydrogen-bond acceptors (Lipinski definition) is 4. The van der Waals surface area contributed by atoms with Gasteiger partial charge in [-0.05, 0) is 47.1 Å². The quantitative estimate of drug-likeness (QED) is 0.869. The van der Waals surface area contributed by atoms with Gasteiger partial charge in [0.15, 0.2) is 0 Å². The number of anilines is 1. The van der Waals surface area contributed by atoms with Crippen LogP contribution in [-0.2, 0) is 6.61 Å². The van der Waals surface area contributed by atoms with Gasteiger partial charge >= 0.3 is 0 Å². The SMILES string of the molecule is CCNc1ccc(COc2ccc(OC)cc2Br)cn1. The first-order valence-electron chi connectivity index (χ1n) is 6.38. The molecule has 20 heavy (non-hydrogen) atoms. The first-order chi connectivity index (χ1) is 9.72. The van der Waals surface area contributed by atoms with Crippen molar-refractivity contribution >= 4 is 21.7 Å². The first-order valence-corrected chi connectivity index (χ1v) is 7.17. The summed E-state index contributed by atoms with van der Waals surface area (Å²) in [6.07, 6.45) is 1.81. The Bertz CT molecular complexity index is 558. The molecule has 0 saturated carbocycles. The number of ether oxygens (including phenoxy) is 2. The van der Waals surface area contributed by atoms with Gasteiger partial charge in [0.05, 0.1) is 11.6 Å². The van der Waals surface area contributed by atoms with E-state index in [0.717, 1.165) is 33.9 Å². The van der Waals surface area contributed by atoms with E-state index < -0.39 is 0 Å². The van der Waals surface area contributed by atoms with Crippen LogP contribution in [-0.4, -0.2) is 18.6 Å². The van der Waals surface area contributed by atoms with Crippen LogP contribution >= 0.6 is 15.9 Å².